The summed E-state index contributed by atoms with van der Waals surface area (Å²) in [5.41, 5.74) is 0. The lowest BCUT2D eigenvalue weighted by Gasteiger charge is -2.33. The molecule has 0 bridgehead atoms. The van der Waals surface area contributed by atoms with Crippen molar-refractivity contribution < 1.29 is 4.74 Å². The van der Waals surface area contributed by atoms with E-state index >= 15 is 0 Å². The number of piperidine rings is 1. The van der Waals surface area contributed by atoms with Crippen molar-refractivity contribution in [2.75, 3.05) is 66.1 Å². The van der Waals surface area contributed by atoms with E-state index in [1.54, 1.807) is 0 Å². The summed E-state index contributed by atoms with van der Waals surface area (Å²) in [6.07, 6.45) is 5.04. The van der Waals surface area contributed by atoms with Crippen LogP contribution in [0.25, 0.3) is 0 Å². The molecule has 1 unspecified atom stereocenters. The molecule has 2 fully saturated rings. The number of nitrogens with zero attached hydrogens (tertiary/aromatic N) is 3. The average Bonchev–Trinajstić information content (AvgIpc) is 2.65. The molecular formula is C19H39N5O. The molecule has 25 heavy (non-hydrogen) atoms. The number of morpholine rings is 1. The van der Waals surface area contributed by atoms with Gasteiger partial charge in [0.25, 0.3) is 0 Å². The predicted octanol–water partition coefficient (Wildman–Crippen LogP) is 1.38. The summed E-state index contributed by atoms with van der Waals surface area (Å²) < 4.78 is 5.42. The van der Waals surface area contributed by atoms with E-state index in [1.165, 1.54) is 45.3 Å². The molecule has 0 amide bonds. The van der Waals surface area contributed by atoms with E-state index in [2.05, 4.69) is 39.3 Å². The van der Waals surface area contributed by atoms with Crippen molar-refractivity contribution in [2.24, 2.45) is 10.9 Å². The highest BCUT2D eigenvalue weighted by Gasteiger charge is 2.20. The molecule has 0 saturated carbocycles. The van der Waals surface area contributed by atoms with Gasteiger partial charge in [-0.15, -0.1) is 0 Å². The van der Waals surface area contributed by atoms with Gasteiger partial charge in [-0.2, -0.15) is 0 Å². The summed E-state index contributed by atoms with van der Waals surface area (Å²) in [6.45, 7) is 14.2. The second-order valence-electron chi connectivity index (χ2n) is 7.59. The molecule has 0 spiro atoms. The van der Waals surface area contributed by atoms with Crippen LogP contribution in [0.5, 0.6) is 0 Å². The van der Waals surface area contributed by atoms with E-state index in [0.29, 0.717) is 12.0 Å². The number of hydrogen-bond acceptors (Lipinski definition) is 4. The number of hydrogen-bond donors (Lipinski definition) is 2. The normalized spacial score (nSPS) is 22.8. The molecule has 0 aromatic carbocycles. The molecule has 146 valence electrons. The van der Waals surface area contributed by atoms with Crippen molar-refractivity contribution in [3.63, 3.8) is 0 Å². The predicted molar refractivity (Wildman–Crippen MR) is 105 cm³/mol. The van der Waals surface area contributed by atoms with Crippen molar-refractivity contribution in [1.29, 1.82) is 0 Å². The van der Waals surface area contributed by atoms with E-state index in [9.17, 15) is 0 Å². The molecule has 1 atom stereocenters. The first-order valence-corrected chi connectivity index (χ1v) is 10.2. The van der Waals surface area contributed by atoms with Gasteiger partial charge in [0, 0.05) is 52.4 Å². The minimum atomic E-state index is 0.554. The van der Waals surface area contributed by atoms with E-state index in [1.807, 2.05) is 7.05 Å². The maximum Gasteiger partial charge on any atom is 0.191 e. The Morgan fingerprint density at radius 2 is 1.88 bits per heavy atom. The molecule has 0 aromatic heterocycles. The Morgan fingerprint density at radius 1 is 1.16 bits per heavy atom. The lowest BCUT2D eigenvalue weighted by Crippen LogP contribution is -2.50. The highest BCUT2D eigenvalue weighted by molar-refractivity contribution is 5.79. The molecule has 2 aliphatic rings. The Bertz CT molecular complexity index is 376. The van der Waals surface area contributed by atoms with Gasteiger partial charge in [0.05, 0.1) is 13.2 Å². The second kappa shape index (κ2) is 11.7. The van der Waals surface area contributed by atoms with Gasteiger partial charge in [-0.3, -0.25) is 9.89 Å². The van der Waals surface area contributed by atoms with Crippen LogP contribution in [-0.4, -0.2) is 87.9 Å². The van der Waals surface area contributed by atoms with E-state index in [-0.39, 0.29) is 0 Å². The van der Waals surface area contributed by atoms with Crippen molar-refractivity contribution in [3.05, 3.63) is 0 Å². The minimum Gasteiger partial charge on any atom is -0.379 e. The monoisotopic (exact) mass is 353 g/mol. The molecule has 2 saturated heterocycles. The van der Waals surface area contributed by atoms with Crippen LogP contribution in [0.15, 0.2) is 4.99 Å². The summed E-state index contributed by atoms with van der Waals surface area (Å²) in [5, 5.41) is 7.14. The minimum absolute atomic E-state index is 0.554. The van der Waals surface area contributed by atoms with Crippen molar-refractivity contribution in [3.8, 4) is 0 Å². The van der Waals surface area contributed by atoms with Crippen LogP contribution in [0.2, 0.25) is 0 Å². The van der Waals surface area contributed by atoms with Gasteiger partial charge >= 0.3 is 0 Å². The Balaban J connectivity index is 1.62. The van der Waals surface area contributed by atoms with Gasteiger partial charge in [-0.25, -0.2) is 0 Å². The van der Waals surface area contributed by atoms with Gasteiger partial charge in [0.2, 0.25) is 0 Å². The molecule has 0 aromatic rings. The third-order valence-corrected chi connectivity index (χ3v) is 5.27. The zero-order valence-corrected chi connectivity index (χ0v) is 16.6. The molecule has 6 nitrogen and oxygen atoms in total. The molecule has 0 aliphatic carbocycles. The van der Waals surface area contributed by atoms with Gasteiger partial charge in [0.15, 0.2) is 5.96 Å². The lowest BCUT2D eigenvalue weighted by atomic mass is 10.0. The fourth-order valence-corrected chi connectivity index (χ4v) is 3.63. The van der Waals surface area contributed by atoms with Gasteiger partial charge in [-0.05, 0) is 31.7 Å². The van der Waals surface area contributed by atoms with Crippen LogP contribution < -0.4 is 10.6 Å². The van der Waals surface area contributed by atoms with Crippen LogP contribution in [-0.2, 0) is 4.74 Å². The van der Waals surface area contributed by atoms with E-state index in [0.717, 1.165) is 45.4 Å². The van der Waals surface area contributed by atoms with E-state index < -0.39 is 0 Å². The van der Waals surface area contributed by atoms with Crippen LogP contribution in [0, 0.1) is 5.92 Å². The van der Waals surface area contributed by atoms with Gasteiger partial charge in [0.1, 0.15) is 0 Å². The highest BCUT2D eigenvalue weighted by atomic mass is 16.5. The fraction of sp³-hybridized carbons (Fsp3) is 0.947. The quantitative estimate of drug-likeness (QED) is 0.510. The summed E-state index contributed by atoms with van der Waals surface area (Å²) in [4.78, 5) is 9.51. The molecule has 2 N–H and O–H groups in total. The average molecular weight is 354 g/mol. The maximum absolute atomic E-state index is 5.42. The number of ether oxygens (including phenoxy) is 1. The van der Waals surface area contributed by atoms with Gasteiger partial charge in [-0.1, -0.05) is 20.3 Å². The van der Waals surface area contributed by atoms with E-state index in [4.69, 9.17) is 4.74 Å². The Hall–Kier alpha value is -0.850. The Kier molecular flexibility index (Phi) is 9.58. The number of rotatable bonds is 8. The Morgan fingerprint density at radius 3 is 2.52 bits per heavy atom. The van der Waals surface area contributed by atoms with Crippen LogP contribution in [0.4, 0.5) is 0 Å². The third kappa shape index (κ3) is 7.92. The number of likely N-dealkylation sites (tertiary alicyclic amines) is 1. The zero-order valence-electron chi connectivity index (χ0n) is 16.6. The maximum atomic E-state index is 5.42. The Labute approximate surface area is 154 Å². The van der Waals surface area contributed by atoms with Crippen LogP contribution in [0.1, 0.15) is 39.5 Å². The van der Waals surface area contributed by atoms with Crippen LogP contribution >= 0.6 is 0 Å². The summed E-state index contributed by atoms with van der Waals surface area (Å²) in [7, 11) is 1.87. The lowest BCUT2D eigenvalue weighted by molar-refractivity contribution is 0.0320. The number of unbranched alkanes of at least 4 members (excludes halogenated alkanes) is 1. The molecule has 2 heterocycles. The number of aliphatic imine (C=N–C) groups is 1. The first-order chi connectivity index (χ1) is 12.2. The van der Waals surface area contributed by atoms with Crippen LogP contribution in [0.3, 0.4) is 0 Å². The summed E-state index contributed by atoms with van der Waals surface area (Å²) >= 11 is 0. The van der Waals surface area contributed by atoms with Crippen molar-refractivity contribution in [1.82, 2.24) is 20.4 Å². The van der Waals surface area contributed by atoms with Crippen molar-refractivity contribution >= 4 is 5.96 Å². The molecular weight excluding hydrogens is 314 g/mol. The zero-order chi connectivity index (χ0) is 17.9. The first kappa shape index (κ1) is 20.5. The third-order valence-electron chi connectivity index (χ3n) is 5.27. The molecule has 2 aliphatic heterocycles. The first-order valence-electron chi connectivity index (χ1n) is 10.2. The largest absolute Gasteiger partial charge is 0.379 e. The molecule has 2 rings (SSSR count). The number of guanidine groups is 1. The highest BCUT2D eigenvalue weighted by Crippen LogP contribution is 2.11. The molecule has 0 radical (unpaired) electrons. The SMILES string of the molecule is CCCCN1CCC(NC(=NC)NCC(C)CN2CCOCC2)CC1. The molecule has 6 heteroatoms. The van der Waals surface area contributed by atoms with Gasteiger partial charge < -0.3 is 20.3 Å². The summed E-state index contributed by atoms with van der Waals surface area (Å²) in [6, 6.07) is 0.554. The fourth-order valence-electron chi connectivity index (χ4n) is 3.63. The summed E-state index contributed by atoms with van der Waals surface area (Å²) in [5.74, 6) is 1.56. The second-order valence-corrected chi connectivity index (χ2v) is 7.59. The topological polar surface area (TPSA) is 52.1 Å². The standard InChI is InChI=1S/C19H39N5O/c1-4-5-8-23-9-6-18(7-10-23)22-19(20-3)21-15-17(2)16-24-11-13-25-14-12-24/h17-18H,4-16H2,1-3H3,(H2,20,21,22). The number of nitrogens with one attached hydrogen (secondary N) is 2. The smallest absolute Gasteiger partial charge is 0.191 e. The van der Waals surface area contributed by atoms with Crippen molar-refractivity contribution in [2.45, 2.75) is 45.6 Å².